The highest BCUT2D eigenvalue weighted by atomic mass is 32.1. The third-order valence-corrected chi connectivity index (χ3v) is 5.05. The average Bonchev–Trinajstić information content (AvgIpc) is 3.18. The first-order valence-corrected chi connectivity index (χ1v) is 8.48. The van der Waals surface area contributed by atoms with Gasteiger partial charge in [0.15, 0.2) is 0 Å². The summed E-state index contributed by atoms with van der Waals surface area (Å²) in [6.07, 6.45) is -2.70. The molecule has 1 atom stereocenters. The lowest BCUT2D eigenvalue weighted by atomic mass is 10.1. The van der Waals surface area contributed by atoms with E-state index in [1.54, 1.807) is 5.38 Å². The number of carbonyl (C=O) groups excluding carboxylic acids is 1. The van der Waals surface area contributed by atoms with Gasteiger partial charge in [-0.3, -0.25) is 10.1 Å². The molecule has 6 nitrogen and oxygen atoms in total. The average molecular weight is 363 g/mol. The molecule has 1 unspecified atom stereocenters. The van der Waals surface area contributed by atoms with E-state index in [0.29, 0.717) is 5.92 Å². The molecule has 0 radical (unpaired) electrons. The molecule has 23 heavy (non-hydrogen) atoms. The van der Waals surface area contributed by atoms with E-state index in [1.807, 2.05) is 0 Å². The Morgan fingerprint density at radius 2 is 2.26 bits per heavy atom. The van der Waals surface area contributed by atoms with Crippen LogP contribution in [0.5, 0.6) is 0 Å². The summed E-state index contributed by atoms with van der Waals surface area (Å²) in [5, 5.41) is 13.0. The Balaban J connectivity index is 1.62. The first kappa shape index (κ1) is 16.3. The van der Waals surface area contributed by atoms with Crippen molar-refractivity contribution in [2.24, 2.45) is 5.92 Å². The summed E-state index contributed by atoms with van der Waals surface area (Å²) in [6, 6.07) is 0. The van der Waals surface area contributed by atoms with Crippen LogP contribution < -0.4 is 10.6 Å². The molecule has 2 aromatic rings. The van der Waals surface area contributed by atoms with E-state index in [-0.39, 0.29) is 22.2 Å². The predicted octanol–water partition coefficient (Wildman–Crippen LogP) is 2.42. The van der Waals surface area contributed by atoms with Gasteiger partial charge in [-0.05, 0) is 25.4 Å². The number of hydrogen-bond acceptors (Lipinski definition) is 7. The summed E-state index contributed by atoms with van der Waals surface area (Å²) in [5.41, 5.74) is 0.180. The second kappa shape index (κ2) is 6.49. The SMILES string of the molecule is O=C(Nc1nnc(C(F)(F)F)s1)c1csc(CC2CCNC2)n1. The van der Waals surface area contributed by atoms with E-state index in [9.17, 15) is 18.0 Å². The fourth-order valence-corrected chi connectivity index (χ4v) is 3.69. The van der Waals surface area contributed by atoms with Crippen LogP contribution in [-0.2, 0) is 12.6 Å². The van der Waals surface area contributed by atoms with E-state index in [4.69, 9.17) is 0 Å². The van der Waals surface area contributed by atoms with Gasteiger partial charge in [-0.15, -0.1) is 21.5 Å². The van der Waals surface area contributed by atoms with Gasteiger partial charge < -0.3 is 5.32 Å². The normalized spacial score (nSPS) is 18.3. The molecular weight excluding hydrogens is 351 g/mol. The number of alkyl halides is 3. The lowest BCUT2D eigenvalue weighted by Gasteiger charge is -2.03. The molecule has 0 aromatic carbocycles. The molecule has 1 aliphatic heterocycles. The molecule has 1 amide bonds. The molecule has 0 bridgehead atoms. The molecule has 11 heteroatoms. The minimum Gasteiger partial charge on any atom is -0.316 e. The van der Waals surface area contributed by atoms with Crippen molar-refractivity contribution in [3.8, 4) is 0 Å². The molecular formula is C12H12F3N5OS2. The molecule has 0 aliphatic carbocycles. The summed E-state index contributed by atoms with van der Waals surface area (Å²) in [5.74, 6) is -0.0727. The first-order valence-electron chi connectivity index (χ1n) is 6.79. The number of aromatic nitrogens is 3. The Kier molecular flexibility index (Phi) is 4.60. The number of amides is 1. The lowest BCUT2D eigenvalue weighted by Crippen LogP contribution is -2.13. The Morgan fingerprint density at radius 1 is 1.43 bits per heavy atom. The second-order valence-corrected chi connectivity index (χ2v) is 6.97. The van der Waals surface area contributed by atoms with Crippen molar-refractivity contribution in [2.75, 3.05) is 18.4 Å². The number of hydrogen-bond donors (Lipinski definition) is 2. The molecule has 3 heterocycles. The Bertz CT molecular complexity index is 693. The summed E-state index contributed by atoms with van der Waals surface area (Å²) < 4.78 is 37.3. The van der Waals surface area contributed by atoms with Crippen LogP contribution in [0.2, 0.25) is 0 Å². The van der Waals surface area contributed by atoms with Crippen molar-refractivity contribution < 1.29 is 18.0 Å². The van der Waals surface area contributed by atoms with E-state index in [2.05, 4.69) is 25.8 Å². The van der Waals surface area contributed by atoms with Crippen molar-refractivity contribution in [3.05, 3.63) is 21.1 Å². The maximum Gasteiger partial charge on any atom is 0.445 e. The second-order valence-electron chi connectivity index (χ2n) is 5.05. The van der Waals surface area contributed by atoms with Gasteiger partial charge in [0.05, 0.1) is 5.01 Å². The van der Waals surface area contributed by atoms with Crippen molar-refractivity contribution in [1.82, 2.24) is 20.5 Å². The van der Waals surface area contributed by atoms with Crippen LogP contribution in [0.3, 0.4) is 0 Å². The third kappa shape index (κ3) is 4.03. The van der Waals surface area contributed by atoms with Gasteiger partial charge in [0, 0.05) is 11.8 Å². The molecule has 0 spiro atoms. The quantitative estimate of drug-likeness (QED) is 0.872. The largest absolute Gasteiger partial charge is 0.445 e. The number of carbonyl (C=O) groups is 1. The maximum atomic E-state index is 12.4. The van der Waals surface area contributed by atoms with Gasteiger partial charge in [-0.2, -0.15) is 13.2 Å². The van der Waals surface area contributed by atoms with Gasteiger partial charge in [0.25, 0.3) is 5.91 Å². The molecule has 0 saturated carbocycles. The molecule has 1 fully saturated rings. The fourth-order valence-electron chi connectivity index (χ4n) is 2.19. The van der Waals surface area contributed by atoms with Crippen LogP contribution in [0.4, 0.5) is 18.3 Å². The smallest absolute Gasteiger partial charge is 0.316 e. The zero-order valence-corrected chi connectivity index (χ0v) is 13.3. The van der Waals surface area contributed by atoms with Gasteiger partial charge in [-0.1, -0.05) is 11.3 Å². The van der Waals surface area contributed by atoms with Gasteiger partial charge in [-0.25, -0.2) is 4.98 Å². The molecule has 2 N–H and O–H groups in total. The zero-order chi connectivity index (χ0) is 16.4. The van der Waals surface area contributed by atoms with Crippen LogP contribution in [-0.4, -0.2) is 34.2 Å². The number of nitrogens with one attached hydrogen (secondary N) is 2. The number of anilines is 1. The van der Waals surface area contributed by atoms with Crippen LogP contribution in [0.1, 0.15) is 26.9 Å². The van der Waals surface area contributed by atoms with Gasteiger partial charge >= 0.3 is 6.18 Å². The zero-order valence-electron chi connectivity index (χ0n) is 11.7. The number of nitrogens with zero attached hydrogens (tertiary/aromatic N) is 3. The standard InChI is InChI=1S/C12H12F3N5OS2/c13-12(14,15)10-19-20-11(23-10)18-9(21)7-5-22-8(17-7)3-6-1-2-16-4-6/h5-6,16H,1-4H2,(H,18,20,21). The van der Waals surface area contributed by atoms with E-state index >= 15 is 0 Å². The van der Waals surface area contributed by atoms with E-state index in [1.165, 1.54) is 11.3 Å². The Morgan fingerprint density at radius 3 is 2.91 bits per heavy atom. The first-order chi connectivity index (χ1) is 10.9. The minimum atomic E-state index is -4.57. The highest BCUT2D eigenvalue weighted by Crippen LogP contribution is 2.33. The monoisotopic (exact) mass is 363 g/mol. The van der Waals surface area contributed by atoms with Crippen LogP contribution in [0.25, 0.3) is 0 Å². The number of halogens is 3. The fraction of sp³-hybridized carbons (Fsp3) is 0.500. The topological polar surface area (TPSA) is 79.8 Å². The van der Waals surface area contributed by atoms with Crippen molar-refractivity contribution in [2.45, 2.75) is 19.0 Å². The third-order valence-electron chi connectivity index (χ3n) is 3.30. The van der Waals surface area contributed by atoms with Crippen LogP contribution >= 0.6 is 22.7 Å². The Labute approximate surface area is 137 Å². The minimum absolute atomic E-state index is 0.180. The number of rotatable bonds is 4. The van der Waals surface area contributed by atoms with Crippen molar-refractivity contribution in [1.29, 1.82) is 0 Å². The van der Waals surface area contributed by atoms with Gasteiger partial charge in [0.2, 0.25) is 10.1 Å². The Hall–Kier alpha value is -1.59. The number of thiazole rings is 1. The van der Waals surface area contributed by atoms with Crippen LogP contribution in [0, 0.1) is 5.92 Å². The highest BCUT2D eigenvalue weighted by Gasteiger charge is 2.35. The summed E-state index contributed by atoms with van der Waals surface area (Å²) >= 11 is 1.66. The summed E-state index contributed by atoms with van der Waals surface area (Å²) in [4.78, 5) is 16.2. The molecule has 2 aromatic heterocycles. The molecule has 124 valence electrons. The highest BCUT2D eigenvalue weighted by molar-refractivity contribution is 7.15. The summed E-state index contributed by atoms with van der Waals surface area (Å²) in [6.45, 7) is 1.92. The lowest BCUT2D eigenvalue weighted by molar-refractivity contribution is -0.138. The molecule has 3 rings (SSSR count). The van der Waals surface area contributed by atoms with E-state index < -0.39 is 17.1 Å². The predicted molar refractivity (Wildman–Crippen MR) is 79.7 cm³/mol. The van der Waals surface area contributed by atoms with Crippen molar-refractivity contribution >= 4 is 33.7 Å². The maximum absolute atomic E-state index is 12.4. The van der Waals surface area contributed by atoms with E-state index in [0.717, 1.165) is 30.9 Å². The van der Waals surface area contributed by atoms with Crippen LogP contribution in [0.15, 0.2) is 5.38 Å². The van der Waals surface area contributed by atoms with Gasteiger partial charge in [0.1, 0.15) is 5.69 Å². The molecule has 1 aliphatic rings. The summed E-state index contributed by atoms with van der Waals surface area (Å²) in [7, 11) is 0. The van der Waals surface area contributed by atoms with Crippen molar-refractivity contribution in [3.63, 3.8) is 0 Å². The molecule has 1 saturated heterocycles.